The number of hydrogen-bond acceptors (Lipinski definition) is 3. The Morgan fingerprint density at radius 3 is 2.43 bits per heavy atom. The molecule has 2 aromatic rings. The molecule has 0 fully saturated rings. The van der Waals surface area contributed by atoms with Gasteiger partial charge in [-0.05, 0) is 56.3 Å². The van der Waals surface area contributed by atoms with Gasteiger partial charge in [0.25, 0.3) is 0 Å². The van der Waals surface area contributed by atoms with Gasteiger partial charge in [-0.25, -0.2) is 4.39 Å². The molecule has 0 unspecified atom stereocenters. The van der Waals surface area contributed by atoms with E-state index in [4.69, 9.17) is 9.47 Å². The van der Waals surface area contributed by atoms with Crippen LogP contribution in [-0.4, -0.2) is 12.4 Å². The third-order valence-electron chi connectivity index (χ3n) is 2.97. The Bertz CT molecular complexity index is 620. The Kier molecular flexibility index (Phi) is 4.93. The lowest BCUT2D eigenvalue weighted by molar-refractivity contribution is 0.101. The molecule has 2 rings (SSSR count). The number of hydrogen-bond donors (Lipinski definition) is 0. The molecule has 0 atom stereocenters. The van der Waals surface area contributed by atoms with Crippen LogP contribution in [-0.2, 0) is 6.61 Å². The summed E-state index contributed by atoms with van der Waals surface area (Å²) < 4.78 is 24.0. The second-order valence-electron chi connectivity index (χ2n) is 4.55. The van der Waals surface area contributed by atoms with Crippen LogP contribution < -0.4 is 9.47 Å². The van der Waals surface area contributed by atoms with Gasteiger partial charge >= 0.3 is 0 Å². The van der Waals surface area contributed by atoms with Gasteiger partial charge in [0, 0.05) is 11.1 Å². The van der Waals surface area contributed by atoms with Gasteiger partial charge in [0.1, 0.15) is 23.9 Å². The highest BCUT2D eigenvalue weighted by Gasteiger charge is 2.08. The number of rotatable bonds is 6. The SMILES string of the molecule is CCOc1ccc(C(C)=O)cc1COc1ccc(F)cc1. The molecule has 0 aliphatic carbocycles. The Balaban J connectivity index is 2.17. The van der Waals surface area contributed by atoms with E-state index in [1.807, 2.05) is 6.92 Å². The lowest BCUT2D eigenvalue weighted by atomic mass is 10.1. The first kappa shape index (κ1) is 15.0. The highest BCUT2D eigenvalue weighted by Crippen LogP contribution is 2.23. The van der Waals surface area contributed by atoms with Crippen LogP contribution in [0.4, 0.5) is 4.39 Å². The summed E-state index contributed by atoms with van der Waals surface area (Å²) in [5.74, 6) is 0.925. The number of carbonyl (C=O) groups excluding carboxylic acids is 1. The number of Topliss-reactive ketones (excluding diaryl/α,β-unsaturated/α-hetero) is 1. The summed E-state index contributed by atoms with van der Waals surface area (Å²) >= 11 is 0. The van der Waals surface area contributed by atoms with E-state index in [1.165, 1.54) is 19.1 Å². The standard InChI is InChI=1S/C17H17FO3/c1-3-20-17-9-4-13(12(2)19)10-14(17)11-21-16-7-5-15(18)6-8-16/h4-10H,3,11H2,1-2H3. The van der Waals surface area contributed by atoms with Gasteiger partial charge in [0.15, 0.2) is 5.78 Å². The fraction of sp³-hybridized carbons (Fsp3) is 0.235. The predicted molar refractivity (Wildman–Crippen MR) is 78.3 cm³/mol. The van der Waals surface area contributed by atoms with Crippen LogP contribution in [0.25, 0.3) is 0 Å². The molecule has 0 bridgehead atoms. The quantitative estimate of drug-likeness (QED) is 0.753. The molecule has 21 heavy (non-hydrogen) atoms. The van der Waals surface area contributed by atoms with E-state index in [0.29, 0.717) is 23.7 Å². The topological polar surface area (TPSA) is 35.5 Å². The van der Waals surface area contributed by atoms with Crippen molar-refractivity contribution in [1.29, 1.82) is 0 Å². The molecule has 0 aliphatic rings. The predicted octanol–water partition coefficient (Wildman–Crippen LogP) is 4.01. The molecule has 0 amide bonds. The summed E-state index contributed by atoms with van der Waals surface area (Å²) in [6.45, 7) is 4.19. The summed E-state index contributed by atoms with van der Waals surface area (Å²) in [7, 11) is 0. The first-order chi connectivity index (χ1) is 10.1. The van der Waals surface area contributed by atoms with Gasteiger partial charge in [-0.1, -0.05) is 0 Å². The van der Waals surface area contributed by atoms with Crippen LogP contribution in [0.2, 0.25) is 0 Å². The Labute approximate surface area is 123 Å². The average Bonchev–Trinajstić information content (AvgIpc) is 2.48. The van der Waals surface area contributed by atoms with Crippen molar-refractivity contribution in [3.05, 3.63) is 59.4 Å². The van der Waals surface area contributed by atoms with Gasteiger partial charge < -0.3 is 9.47 Å². The smallest absolute Gasteiger partial charge is 0.159 e. The maximum atomic E-state index is 12.8. The number of ether oxygens (including phenoxy) is 2. The van der Waals surface area contributed by atoms with Crippen LogP contribution in [0.1, 0.15) is 29.8 Å². The first-order valence-electron chi connectivity index (χ1n) is 6.75. The molecule has 0 saturated carbocycles. The van der Waals surface area contributed by atoms with Gasteiger partial charge in [0.2, 0.25) is 0 Å². The highest BCUT2D eigenvalue weighted by atomic mass is 19.1. The van der Waals surface area contributed by atoms with Crippen molar-refractivity contribution in [2.24, 2.45) is 0 Å². The zero-order valence-electron chi connectivity index (χ0n) is 12.1. The second-order valence-corrected chi connectivity index (χ2v) is 4.55. The van der Waals surface area contributed by atoms with Crippen LogP contribution in [0.5, 0.6) is 11.5 Å². The van der Waals surface area contributed by atoms with Crippen molar-refractivity contribution in [1.82, 2.24) is 0 Å². The summed E-state index contributed by atoms with van der Waals surface area (Å²) in [6, 6.07) is 11.1. The number of benzene rings is 2. The van der Waals surface area contributed by atoms with Crippen LogP contribution in [0, 0.1) is 5.82 Å². The molecule has 0 aromatic heterocycles. The van der Waals surface area contributed by atoms with Gasteiger partial charge in [0.05, 0.1) is 6.61 Å². The molecule has 0 saturated heterocycles. The van der Waals surface area contributed by atoms with E-state index in [1.54, 1.807) is 30.3 Å². The molecular weight excluding hydrogens is 271 g/mol. The molecule has 0 radical (unpaired) electrons. The fourth-order valence-corrected chi connectivity index (χ4v) is 1.90. The summed E-state index contributed by atoms with van der Waals surface area (Å²) in [4.78, 5) is 11.5. The van der Waals surface area contributed by atoms with Gasteiger partial charge in [-0.2, -0.15) is 0 Å². The zero-order chi connectivity index (χ0) is 15.2. The highest BCUT2D eigenvalue weighted by molar-refractivity contribution is 5.94. The minimum absolute atomic E-state index is 0.0129. The normalized spacial score (nSPS) is 10.2. The van der Waals surface area contributed by atoms with E-state index in [9.17, 15) is 9.18 Å². The van der Waals surface area contributed by atoms with E-state index >= 15 is 0 Å². The lowest BCUT2D eigenvalue weighted by Gasteiger charge is -2.12. The maximum Gasteiger partial charge on any atom is 0.159 e. The largest absolute Gasteiger partial charge is 0.493 e. The number of ketones is 1. The van der Waals surface area contributed by atoms with Gasteiger partial charge in [-0.3, -0.25) is 4.79 Å². The van der Waals surface area contributed by atoms with Crippen molar-refractivity contribution < 1.29 is 18.7 Å². The van der Waals surface area contributed by atoms with E-state index in [2.05, 4.69) is 0 Å². The molecule has 3 nitrogen and oxygen atoms in total. The minimum Gasteiger partial charge on any atom is -0.493 e. The molecular formula is C17H17FO3. The van der Waals surface area contributed by atoms with Crippen molar-refractivity contribution in [2.75, 3.05) is 6.61 Å². The van der Waals surface area contributed by atoms with Crippen LogP contribution in [0.15, 0.2) is 42.5 Å². The molecule has 2 aromatic carbocycles. The number of carbonyl (C=O) groups is 1. The van der Waals surface area contributed by atoms with E-state index in [-0.39, 0.29) is 18.2 Å². The number of halogens is 1. The van der Waals surface area contributed by atoms with Crippen LogP contribution >= 0.6 is 0 Å². The van der Waals surface area contributed by atoms with Crippen molar-refractivity contribution in [3.63, 3.8) is 0 Å². The fourth-order valence-electron chi connectivity index (χ4n) is 1.90. The van der Waals surface area contributed by atoms with E-state index in [0.717, 1.165) is 5.56 Å². The molecule has 0 spiro atoms. The molecule has 110 valence electrons. The first-order valence-corrected chi connectivity index (χ1v) is 6.75. The monoisotopic (exact) mass is 288 g/mol. The van der Waals surface area contributed by atoms with Crippen molar-refractivity contribution in [2.45, 2.75) is 20.5 Å². The second kappa shape index (κ2) is 6.88. The van der Waals surface area contributed by atoms with E-state index < -0.39 is 0 Å². The third kappa shape index (κ3) is 4.05. The van der Waals surface area contributed by atoms with Crippen molar-refractivity contribution >= 4 is 5.78 Å². The van der Waals surface area contributed by atoms with Gasteiger partial charge in [-0.15, -0.1) is 0 Å². The van der Waals surface area contributed by atoms with Crippen molar-refractivity contribution in [3.8, 4) is 11.5 Å². The zero-order valence-corrected chi connectivity index (χ0v) is 12.1. The molecule has 4 heteroatoms. The Morgan fingerprint density at radius 2 is 1.81 bits per heavy atom. The summed E-state index contributed by atoms with van der Waals surface area (Å²) in [6.07, 6.45) is 0. The third-order valence-corrected chi connectivity index (χ3v) is 2.97. The Hall–Kier alpha value is -2.36. The summed E-state index contributed by atoms with van der Waals surface area (Å²) in [5.41, 5.74) is 1.39. The molecule has 0 N–H and O–H groups in total. The van der Waals surface area contributed by atoms with Crippen LogP contribution in [0.3, 0.4) is 0 Å². The minimum atomic E-state index is -0.309. The molecule has 0 heterocycles. The lowest BCUT2D eigenvalue weighted by Crippen LogP contribution is -2.03. The average molecular weight is 288 g/mol. The summed E-state index contributed by atoms with van der Waals surface area (Å²) in [5, 5.41) is 0. The Morgan fingerprint density at radius 1 is 1.10 bits per heavy atom. The molecule has 0 aliphatic heterocycles. The maximum absolute atomic E-state index is 12.8.